The molecule has 29 heavy (non-hydrogen) atoms. The molecule has 0 aliphatic rings. The van der Waals surface area contributed by atoms with Crippen molar-refractivity contribution in [2.45, 2.75) is 20.8 Å². The zero-order chi connectivity index (χ0) is 20.4. The van der Waals surface area contributed by atoms with Gasteiger partial charge in [0.2, 0.25) is 0 Å². The summed E-state index contributed by atoms with van der Waals surface area (Å²) in [6, 6.07) is 14.0. The molecule has 0 aliphatic heterocycles. The molecule has 7 heteroatoms. The van der Waals surface area contributed by atoms with E-state index < -0.39 is 0 Å². The Morgan fingerprint density at radius 1 is 0.931 bits per heavy atom. The first-order chi connectivity index (χ1) is 14.1. The number of likely N-dealkylation sites (N-methyl/N-ethyl adjacent to an activating group) is 1. The molecule has 1 amide bonds. The van der Waals surface area contributed by atoms with Crippen molar-refractivity contribution in [2.24, 2.45) is 0 Å². The number of hydrogen-bond acceptors (Lipinski definition) is 6. The summed E-state index contributed by atoms with van der Waals surface area (Å²) in [4.78, 5) is 27.0. The molecule has 150 valence electrons. The van der Waals surface area contributed by atoms with E-state index in [4.69, 9.17) is 4.98 Å². The van der Waals surface area contributed by atoms with Crippen LogP contribution in [0, 0.1) is 6.92 Å². The van der Waals surface area contributed by atoms with Crippen LogP contribution in [0.5, 0.6) is 0 Å². The van der Waals surface area contributed by atoms with Gasteiger partial charge in [-0.2, -0.15) is 0 Å². The highest BCUT2D eigenvalue weighted by atomic mass is 32.1. The average Bonchev–Trinajstić information content (AvgIpc) is 3.36. The number of nitrogens with zero attached hydrogens (tertiary/aromatic N) is 4. The smallest absolute Gasteiger partial charge is 0.289 e. The van der Waals surface area contributed by atoms with E-state index in [0.717, 1.165) is 50.8 Å². The molecule has 0 saturated carbocycles. The summed E-state index contributed by atoms with van der Waals surface area (Å²) in [5.41, 5.74) is 2.96. The minimum Gasteiger partial charge on any atom is -0.302 e. The predicted molar refractivity (Wildman–Crippen MR) is 123 cm³/mol. The van der Waals surface area contributed by atoms with E-state index in [1.807, 2.05) is 30.3 Å². The first kappa shape index (κ1) is 19.9. The lowest BCUT2D eigenvalue weighted by atomic mass is 10.2. The number of anilines is 1. The molecule has 2 aromatic carbocycles. The zero-order valence-electron chi connectivity index (χ0n) is 16.9. The molecule has 0 fully saturated rings. The van der Waals surface area contributed by atoms with Crippen molar-refractivity contribution < 1.29 is 4.79 Å². The van der Waals surface area contributed by atoms with Gasteiger partial charge in [-0.3, -0.25) is 9.69 Å². The van der Waals surface area contributed by atoms with E-state index in [2.05, 4.69) is 42.8 Å². The van der Waals surface area contributed by atoms with Crippen LogP contribution in [0.25, 0.3) is 20.4 Å². The molecular formula is C22H24N4OS2. The van der Waals surface area contributed by atoms with Gasteiger partial charge < -0.3 is 4.90 Å². The zero-order valence-corrected chi connectivity index (χ0v) is 18.5. The van der Waals surface area contributed by atoms with Crippen LogP contribution in [0.4, 0.5) is 5.13 Å². The van der Waals surface area contributed by atoms with E-state index in [-0.39, 0.29) is 5.91 Å². The topological polar surface area (TPSA) is 49.3 Å². The quantitative estimate of drug-likeness (QED) is 0.409. The Labute approximate surface area is 178 Å². The van der Waals surface area contributed by atoms with E-state index in [0.29, 0.717) is 11.6 Å². The summed E-state index contributed by atoms with van der Waals surface area (Å²) in [5, 5.41) is 1.26. The van der Waals surface area contributed by atoms with Crippen molar-refractivity contribution in [3.05, 3.63) is 53.0 Å². The Kier molecular flexibility index (Phi) is 5.89. The highest BCUT2D eigenvalue weighted by Gasteiger charge is 2.25. The maximum atomic E-state index is 13.5. The Morgan fingerprint density at radius 3 is 2.41 bits per heavy atom. The number of carbonyl (C=O) groups is 1. The Morgan fingerprint density at radius 2 is 1.69 bits per heavy atom. The highest BCUT2D eigenvalue weighted by molar-refractivity contribution is 7.23. The van der Waals surface area contributed by atoms with Gasteiger partial charge in [-0.05, 0) is 43.8 Å². The molecule has 0 spiro atoms. The number of carbonyl (C=O) groups excluding carboxylic acids is 1. The number of aryl methyl sites for hydroxylation is 1. The molecule has 0 bridgehead atoms. The third-order valence-corrected chi connectivity index (χ3v) is 7.16. The maximum absolute atomic E-state index is 13.5. The SMILES string of the molecule is CCN(CC)CCN(C(=O)c1nc2ccccc2s1)c1nc2c(C)cccc2s1. The van der Waals surface area contributed by atoms with Crippen molar-refractivity contribution in [1.82, 2.24) is 14.9 Å². The largest absolute Gasteiger partial charge is 0.302 e. The molecule has 4 aromatic rings. The molecule has 0 atom stereocenters. The minimum absolute atomic E-state index is 0.0740. The summed E-state index contributed by atoms with van der Waals surface area (Å²) in [7, 11) is 0. The first-order valence-corrected chi connectivity index (χ1v) is 11.5. The third kappa shape index (κ3) is 4.03. The fourth-order valence-electron chi connectivity index (χ4n) is 3.33. The number of aromatic nitrogens is 2. The lowest BCUT2D eigenvalue weighted by molar-refractivity contribution is 0.0983. The summed E-state index contributed by atoms with van der Waals surface area (Å²) in [6.07, 6.45) is 0. The minimum atomic E-state index is -0.0740. The van der Waals surface area contributed by atoms with Crippen molar-refractivity contribution in [3.63, 3.8) is 0 Å². The number of thiazole rings is 2. The normalized spacial score (nSPS) is 11.6. The van der Waals surface area contributed by atoms with Crippen LogP contribution in [0.2, 0.25) is 0 Å². The van der Waals surface area contributed by atoms with Crippen molar-refractivity contribution in [3.8, 4) is 0 Å². The van der Waals surface area contributed by atoms with Gasteiger partial charge in [0.25, 0.3) is 5.91 Å². The highest BCUT2D eigenvalue weighted by Crippen LogP contribution is 2.32. The molecular weight excluding hydrogens is 400 g/mol. The number of fused-ring (bicyclic) bond motifs is 2. The maximum Gasteiger partial charge on any atom is 0.289 e. The van der Waals surface area contributed by atoms with Gasteiger partial charge in [0.15, 0.2) is 10.1 Å². The summed E-state index contributed by atoms with van der Waals surface area (Å²) < 4.78 is 2.13. The molecule has 0 radical (unpaired) electrons. The lowest BCUT2D eigenvalue weighted by Crippen LogP contribution is -2.38. The van der Waals surface area contributed by atoms with Crippen LogP contribution < -0.4 is 4.90 Å². The van der Waals surface area contributed by atoms with E-state index in [1.54, 1.807) is 16.2 Å². The van der Waals surface area contributed by atoms with Crippen LogP contribution in [-0.2, 0) is 0 Å². The lowest BCUT2D eigenvalue weighted by Gasteiger charge is -2.24. The van der Waals surface area contributed by atoms with E-state index in [1.165, 1.54) is 11.3 Å². The summed E-state index contributed by atoms with van der Waals surface area (Å²) in [6.45, 7) is 9.65. The second kappa shape index (κ2) is 8.57. The number of rotatable bonds is 7. The van der Waals surface area contributed by atoms with Gasteiger partial charge >= 0.3 is 0 Å². The number of para-hydroxylation sites is 2. The van der Waals surface area contributed by atoms with Crippen LogP contribution in [0.15, 0.2) is 42.5 Å². The number of hydrogen-bond donors (Lipinski definition) is 0. The average molecular weight is 425 g/mol. The fourth-order valence-corrected chi connectivity index (χ4v) is 5.32. The van der Waals surface area contributed by atoms with Crippen molar-refractivity contribution in [2.75, 3.05) is 31.1 Å². The monoisotopic (exact) mass is 424 g/mol. The molecule has 4 rings (SSSR count). The third-order valence-electron chi connectivity index (χ3n) is 5.10. The standard InChI is InChI=1S/C22H24N4OS2/c1-4-25(5-2)13-14-26(22-24-19-15(3)9-8-12-18(19)29-22)21(27)20-23-16-10-6-7-11-17(16)28-20/h6-12H,4-5,13-14H2,1-3H3. The Balaban J connectivity index is 1.72. The van der Waals surface area contributed by atoms with Crippen molar-refractivity contribution >= 4 is 54.1 Å². The van der Waals surface area contributed by atoms with Crippen LogP contribution in [0.1, 0.15) is 29.2 Å². The number of amides is 1. The van der Waals surface area contributed by atoms with Crippen LogP contribution in [-0.4, -0.2) is 47.0 Å². The van der Waals surface area contributed by atoms with Crippen LogP contribution in [0.3, 0.4) is 0 Å². The molecule has 2 heterocycles. The van der Waals surface area contributed by atoms with Crippen LogP contribution >= 0.6 is 22.7 Å². The predicted octanol–water partition coefficient (Wildman–Crippen LogP) is 5.20. The first-order valence-electron chi connectivity index (χ1n) is 9.86. The van der Waals surface area contributed by atoms with E-state index >= 15 is 0 Å². The van der Waals surface area contributed by atoms with Gasteiger partial charge in [0, 0.05) is 13.1 Å². The number of benzene rings is 2. The van der Waals surface area contributed by atoms with Gasteiger partial charge in [0.1, 0.15) is 0 Å². The van der Waals surface area contributed by atoms with Gasteiger partial charge in [-0.1, -0.05) is 49.4 Å². The van der Waals surface area contributed by atoms with E-state index in [9.17, 15) is 4.79 Å². The molecule has 0 aliphatic carbocycles. The second-order valence-electron chi connectivity index (χ2n) is 6.89. The fraction of sp³-hybridized carbons (Fsp3) is 0.318. The second-order valence-corrected chi connectivity index (χ2v) is 8.93. The molecule has 2 aromatic heterocycles. The summed E-state index contributed by atoms with van der Waals surface area (Å²) >= 11 is 3.01. The Hall–Kier alpha value is -2.35. The molecule has 0 saturated heterocycles. The Bertz CT molecular complexity index is 1110. The molecule has 0 N–H and O–H groups in total. The van der Waals surface area contributed by atoms with Crippen molar-refractivity contribution in [1.29, 1.82) is 0 Å². The molecule has 5 nitrogen and oxygen atoms in total. The van der Waals surface area contributed by atoms with Gasteiger partial charge in [-0.15, -0.1) is 11.3 Å². The molecule has 0 unspecified atom stereocenters. The van der Waals surface area contributed by atoms with Gasteiger partial charge in [0.05, 0.1) is 20.4 Å². The summed E-state index contributed by atoms with van der Waals surface area (Å²) in [5.74, 6) is -0.0740. The van der Waals surface area contributed by atoms with Gasteiger partial charge in [-0.25, -0.2) is 9.97 Å².